The molecule has 3 nitrogen and oxygen atoms in total. The van der Waals surface area contributed by atoms with Crippen LogP contribution < -0.4 is 0 Å². The molecule has 2 rings (SSSR count). The highest BCUT2D eigenvalue weighted by Crippen LogP contribution is 2.39. The first kappa shape index (κ1) is 20.7. The second kappa shape index (κ2) is 6.82. The third-order valence-corrected chi connectivity index (χ3v) is 6.28. The molecule has 0 saturated heterocycles. The Hall–Kier alpha value is -1.65. The summed E-state index contributed by atoms with van der Waals surface area (Å²) in [6, 6.07) is 7.08. The van der Waals surface area contributed by atoms with Crippen LogP contribution in [-0.4, -0.2) is 14.8 Å². The molecule has 2 N–H and O–H groups in total. The molecule has 0 aliphatic rings. The van der Waals surface area contributed by atoms with E-state index in [-0.39, 0.29) is 22.3 Å². The van der Waals surface area contributed by atoms with Crippen molar-refractivity contribution in [2.45, 2.75) is 76.0 Å². The number of aromatic hydroxyl groups is 2. The fourth-order valence-corrected chi connectivity index (χ4v) is 4.45. The first-order valence-corrected chi connectivity index (χ1v) is 9.98. The fourth-order valence-electron chi connectivity index (χ4n) is 3.07. The lowest BCUT2D eigenvalue weighted by molar-refractivity contribution is 0.444. The maximum atomic E-state index is 13.4. The summed E-state index contributed by atoms with van der Waals surface area (Å²) >= 11 is -1.40. The number of aryl methyl sites for hydroxylation is 2. The van der Waals surface area contributed by atoms with Crippen LogP contribution >= 0.6 is 0 Å². The summed E-state index contributed by atoms with van der Waals surface area (Å²) in [6.07, 6.45) is 0. The molecule has 2 aromatic carbocycles. The Morgan fingerprint density at radius 3 is 1.27 bits per heavy atom. The van der Waals surface area contributed by atoms with Crippen LogP contribution in [0.5, 0.6) is 11.5 Å². The van der Waals surface area contributed by atoms with E-state index in [1.165, 1.54) is 0 Å². The molecular weight excluding hydrogens is 344 g/mol. The summed E-state index contributed by atoms with van der Waals surface area (Å²) in [5, 5.41) is 20.6. The molecule has 0 amide bonds. The molecule has 2 aromatic rings. The molecule has 0 bridgehead atoms. The molecule has 0 aromatic heterocycles. The third-order valence-electron chi connectivity index (χ3n) is 4.60. The Morgan fingerprint density at radius 2 is 1.00 bits per heavy atom. The van der Waals surface area contributed by atoms with Crippen molar-refractivity contribution in [1.29, 1.82) is 0 Å². The fraction of sp³-hybridized carbons (Fsp3) is 0.455. The van der Waals surface area contributed by atoms with Crippen LogP contribution in [0.25, 0.3) is 0 Å². The van der Waals surface area contributed by atoms with Crippen molar-refractivity contribution < 1.29 is 14.8 Å². The van der Waals surface area contributed by atoms with E-state index >= 15 is 0 Å². The van der Waals surface area contributed by atoms with Crippen LogP contribution in [0, 0.1) is 13.8 Å². The Morgan fingerprint density at radius 1 is 0.692 bits per heavy atom. The minimum Gasteiger partial charge on any atom is -0.606 e. The predicted octanol–water partition coefficient (Wildman–Crippen LogP) is 5.48. The van der Waals surface area contributed by atoms with Gasteiger partial charge in [0.2, 0.25) is 0 Å². The molecule has 0 atom stereocenters. The molecule has 0 fully saturated rings. The van der Waals surface area contributed by atoms with Crippen LogP contribution in [0.3, 0.4) is 0 Å². The summed E-state index contributed by atoms with van der Waals surface area (Å²) < 4.78 is 13.4. The molecule has 0 saturated carbocycles. The first-order chi connectivity index (χ1) is 11.7. The maximum absolute atomic E-state index is 13.4. The first-order valence-electron chi connectivity index (χ1n) is 8.83. The highest BCUT2D eigenvalue weighted by atomic mass is 32.2. The smallest absolute Gasteiger partial charge is 0.161 e. The molecule has 0 aliphatic carbocycles. The van der Waals surface area contributed by atoms with Crippen molar-refractivity contribution in [2.24, 2.45) is 0 Å². The van der Waals surface area contributed by atoms with E-state index < -0.39 is 11.2 Å². The number of hydrogen-bond acceptors (Lipinski definition) is 3. The van der Waals surface area contributed by atoms with Crippen molar-refractivity contribution >= 4 is 11.2 Å². The second-order valence-electron chi connectivity index (χ2n) is 9.04. The van der Waals surface area contributed by atoms with Gasteiger partial charge in [-0.15, -0.1) is 0 Å². The van der Waals surface area contributed by atoms with Crippen molar-refractivity contribution in [3.8, 4) is 11.5 Å². The zero-order chi connectivity index (χ0) is 20.0. The highest BCUT2D eigenvalue weighted by Gasteiger charge is 2.28. The monoisotopic (exact) mass is 374 g/mol. The molecule has 0 spiro atoms. The molecule has 26 heavy (non-hydrogen) atoms. The minimum absolute atomic E-state index is 0.230. The van der Waals surface area contributed by atoms with Crippen LogP contribution in [0.15, 0.2) is 34.1 Å². The Labute approximate surface area is 160 Å². The largest absolute Gasteiger partial charge is 0.606 e. The summed E-state index contributed by atoms with van der Waals surface area (Å²) in [5.74, 6) is 0.460. The lowest BCUT2D eigenvalue weighted by Gasteiger charge is -2.24. The number of hydrogen-bond donors (Lipinski definition) is 2. The van der Waals surface area contributed by atoms with Crippen molar-refractivity contribution in [3.05, 3.63) is 46.5 Å². The van der Waals surface area contributed by atoms with Crippen LogP contribution in [0.2, 0.25) is 0 Å². The molecule has 0 radical (unpaired) electrons. The van der Waals surface area contributed by atoms with Crippen molar-refractivity contribution in [3.63, 3.8) is 0 Å². The molecule has 0 heterocycles. The SMILES string of the molecule is Cc1cc(O)c(C(C)(C)C)cc1[S+]([O-])c1cc(C(C)(C)C)c(O)cc1C. The third kappa shape index (κ3) is 4.02. The Kier molecular flexibility index (Phi) is 5.42. The Balaban J connectivity index is 2.65. The highest BCUT2D eigenvalue weighted by molar-refractivity contribution is 7.91. The molecule has 0 unspecified atom stereocenters. The van der Waals surface area contributed by atoms with Gasteiger partial charge in [0.25, 0.3) is 0 Å². The summed E-state index contributed by atoms with van der Waals surface area (Å²) in [7, 11) is 0. The van der Waals surface area contributed by atoms with E-state index in [1.807, 2.05) is 67.5 Å². The topological polar surface area (TPSA) is 63.5 Å². The second-order valence-corrected chi connectivity index (χ2v) is 10.5. The maximum Gasteiger partial charge on any atom is 0.161 e. The van der Waals surface area contributed by atoms with Gasteiger partial charge in [0.05, 0.1) is 0 Å². The van der Waals surface area contributed by atoms with E-state index in [1.54, 1.807) is 12.1 Å². The number of phenols is 2. The van der Waals surface area contributed by atoms with Gasteiger partial charge in [0, 0.05) is 45.6 Å². The summed E-state index contributed by atoms with van der Waals surface area (Å²) in [4.78, 5) is 1.39. The van der Waals surface area contributed by atoms with Crippen LogP contribution in [0.4, 0.5) is 0 Å². The standard InChI is InChI=1S/C22H30O3S/c1-13-9-17(23)15(21(3,4)5)11-19(13)26(25)20-12-16(22(6,7)8)18(24)10-14(20)2/h9-12,23-24H,1-8H3. The van der Waals surface area contributed by atoms with E-state index in [0.29, 0.717) is 9.79 Å². The van der Waals surface area contributed by atoms with Gasteiger partial charge >= 0.3 is 0 Å². The normalized spacial score (nSPS) is 12.7. The van der Waals surface area contributed by atoms with Gasteiger partial charge in [-0.2, -0.15) is 0 Å². The van der Waals surface area contributed by atoms with Gasteiger partial charge in [0.1, 0.15) is 11.5 Å². The number of phenolic OH excluding ortho intramolecular Hbond substituents is 2. The zero-order valence-corrected chi connectivity index (χ0v) is 17.8. The van der Waals surface area contributed by atoms with E-state index in [4.69, 9.17) is 0 Å². The summed E-state index contributed by atoms with van der Waals surface area (Å²) in [5.41, 5.74) is 2.63. The van der Waals surface area contributed by atoms with Gasteiger partial charge in [-0.05, 0) is 36.8 Å². The van der Waals surface area contributed by atoms with Gasteiger partial charge < -0.3 is 14.8 Å². The van der Waals surface area contributed by atoms with Gasteiger partial charge in [-0.25, -0.2) is 0 Å². The quantitative estimate of drug-likeness (QED) is 0.685. The lowest BCUT2D eigenvalue weighted by atomic mass is 9.86. The van der Waals surface area contributed by atoms with Crippen LogP contribution in [0.1, 0.15) is 63.8 Å². The predicted molar refractivity (Wildman–Crippen MR) is 108 cm³/mol. The van der Waals surface area contributed by atoms with Gasteiger partial charge in [0.15, 0.2) is 9.79 Å². The van der Waals surface area contributed by atoms with Crippen LogP contribution in [-0.2, 0) is 22.0 Å². The van der Waals surface area contributed by atoms with Crippen molar-refractivity contribution in [1.82, 2.24) is 0 Å². The number of rotatable bonds is 2. The van der Waals surface area contributed by atoms with E-state index in [9.17, 15) is 14.8 Å². The zero-order valence-electron chi connectivity index (χ0n) is 17.0. The minimum atomic E-state index is -1.40. The summed E-state index contributed by atoms with van der Waals surface area (Å²) in [6.45, 7) is 15.9. The average molecular weight is 375 g/mol. The number of benzene rings is 2. The molecule has 4 heteroatoms. The average Bonchev–Trinajstić information content (AvgIpc) is 2.43. The lowest BCUT2D eigenvalue weighted by Crippen LogP contribution is -2.16. The van der Waals surface area contributed by atoms with Gasteiger partial charge in [-0.1, -0.05) is 41.5 Å². The van der Waals surface area contributed by atoms with E-state index in [0.717, 1.165) is 22.3 Å². The molecule has 0 aliphatic heterocycles. The molecule has 142 valence electrons. The van der Waals surface area contributed by atoms with Gasteiger partial charge in [-0.3, -0.25) is 0 Å². The van der Waals surface area contributed by atoms with E-state index in [2.05, 4.69) is 0 Å². The molecular formula is C22H30O3S. The van der Waals surface area contributed by atoms with Crippen molar-refractivity contribution in [2.75, 3.05) is 0 Å². The Bertz CT molecular complexity index is 757.